The van der Waals surface area contributed by atoms with Crippen LogP contribution in [-0.4, -0.2) is 70.3 Å². The summed E-state index contributed by atoms with van der Waals surface area (Å²) in [5.41, 5.74) is -0.916. The Bertz CT molecular complexity index is 1330. The lowest BCUT2D eigenvalue weighted by molar-refractivity contribution is -0.137. The van der Waals surface area contributed by atoms with E-state index in [1.54, 1.807) is 0 Å². The summed E-state index contributed by atoms with van der Waals surface area (Å²) in [5, 5.41) is 14.9. The van der Waals surface area contributed by atoms with Gasteiger partial charge in [0.1, 0.15) is 18.3 Å². The van der Waals surface area contributed by atoms with E-state index in [0.717, 1.165) is 25.0 Å². The summed E-state index contributed by atoms with van der Waals surface area (Å²) < 4.78 is 39.8. The Morgan fingerprint density at radius 1 is 1.18 bits per heavy atom. The number of alkyl halides is 3. The fourth-order valence-corrected chi connectivity index (χ4v) is 6.54. The molecule has 3 fully saturated rings. The lowest BCUT2D eigenvalue weighted by Gasteiger charge is -2.29. The van der Waals surface area contributed by atoms with E-state index in [1.165, 1.54) is 11.0 Å². The SMILES string of the molecule is O=C1NCC[C@H]1C[C@H](NC(=O)[C@@H]1[C@H]2CCC[C@H]2CN1C(=O)c1cc2c(Cl)cc(C(F)(F)F)cc2[nH]1)C(=O)CO. The highest BCUT2D eigenvalue weighted by molar-refractivity contribution is 6.35. The molecule has 3 aliphatic rings. The maximum absolute atomic E-state index is 13.6. The number of halogens is 4. The van der Waals surface area contributed by atoms with E-state index in [2.05, 4.69) is 15.6 Å². The number of likely N-dealkylation sites (tertiary alicyclic amines) is 1. The minimum Gasteiger partial charge on any atom is -0.389 e. The summed E-state index contributed by atoms with van der Waals surface area (Å²) in [4.78, 5) is 55.9. The van der Waals surface area contributed by atoms with Crippen molar-refractivity contribution in [2.24, 2.45) is 17.8 Å². The largest absolute Gasteiger partial charge is 0.416 e. The van der Waals surface area contributed by atoms with Crippen molar-refractivity contribution in [3.63, 3.8) is 0 Å². The summed E-state index contributed by atoms with van der Waals surface area (Å²) in [6.07, 6.45) is -1.69. The van der Waals surface area contributed by atoms with E-state index in [-0.39, 0.29) is 52.3 Å². The van der Waals surface area contributed by atoms with Crippen LogP contribution in [0, 0.1) is 17.8 Å². The molecule has 9 nitrogen and oxygen atoms in total. The number of aliphatic hydroxyl groups is 1. The molecule has 4 N–H and O–H groups in total. The highest BCUT2D eigenvalue weighted by atomic mass is 35.5. The van der Waals surface area contributed by atoms with Gasteiger partial charge in [0.2, 0.25) is 11.8 Å². The van der Waals surface area contributed by atoms with E-state index in [0.29, 0.717) is 19.4 Å². The van der Waals surface area contributed by atoms with E-state index in [9.17, 15) is 37.5 Å². The summed E-state index contributed by atoms with van der Waals surface area (Å²) in [5.74, 6) is -2.56. The number of aliphatic hydroxyl groups excluding tert-OH is 1. The van der Waals surface area contributed by atoms with E-state index in [1.807, 2.05) is 0 Å². The van der Waals surface area contributed by atoms with Crippen molar-refractivity contribution in [3.8, 4) is 0 Å². The Labute approximate surface area is 226 Å². The Morgan fingerprint density at radius 2 is 1.95 bits per heavy atom. The standard InChI is InChI=1S/C26H28ClF3N4O5/c27-17-7-14(26(28,29)30)8-18-16(17)9-20(32-18)25(39)34-10-13-2-1-3-15(13)22(34)24(38)33-19(21(36)11-35)6-12-4-5-31-23(12)37/h7-9,12-13,15,19,22,32,35H,1-6,10-11H2,(H,31,37)(H,33,38)/t12-,13-,15-,19-,22-/m0/s1. The predicted octanol–water partition coefficient (Wildman–Crippen LogP) is 2.65. The first-order valence-corrected chi connectivity index (χ1v) is 13.3. The fraction of sp³-hybridized carbons (Fsp3) is 0.538. The molecule has 2 aromatic rings. The van der Waals surface area contributed by atoms with Gasteiger partial charge in [0, 0.05) is 29.9 Å². The number of aromatic amines is 1. The topological polar surface area (TPSA) is 132 Å². The first-order valence-electron chi connectivity index (χ1n) is 12.9. The number of nitrogens with zero attached hydrogens (tertiary/aromatic N) is 1. The Morgan fingerprint density at radius 3 is 2.62 bits per heavy atom. The first kappa shape index (κ1) is 27.4. The van der Waals surface area contributed by atoms with Gasteiger partial charge in [-0.3, -0.25) is 19.2 Å². The summed E-state index contributed by atoms with van der Waals surface area (Å²) in [7, 11) is 0. The van der Waals surface area contributed by atoms with Crippen LogP contribution in [0.1, 0.15) is 48.2 Å². The second kappa shape index (κ2) is 10.5. The van der Waals surface area contributed by atoms with Gasteiger partial charge >= 0.3 is 6.18 Å². The number of amides is 3. The van der Waals surface area contributed by atoms with Crippen LogP contribution >= 0.6 is 11.6 Å². The Hall–Kier alpha value is -3.12. The van der Waals surface area contributed by atoms with Gasteiger partial charge in [-0.05, 0) is 55.7 Å². The molecule has 5 atom stereocenters. The van der Waals surface area contributed by atoms with Gasteiger partial charge in [-0.2, -0.15) is 13.2 Å². The average molecular weight is 569 g/mol. The number of hydrogen-bond donors (Lipinski definition) is 4. The molecule has 0 spiro atoms. The number of benzene rings is 1. The normalized spacial score (nSPS) is 25.6. The zero-order valence-corrected chi connectivity index (χ0v) is 21.6. The minimum atomic E-state index is -4.62. The minimum absolute atomic E-state index is 0.00499. The molecule has 1 aliphatic carbocycles. The zero-order valence-electron chi connectivity index (χ0n) is 20.8. The van der Waals surface area contributed by atoms with Crippen molar-refractivity contribution in [1.29, 1.82) is 0 Å². The summed E-state index contributed by atoms with van der Waals surface area (Å²) in [6.45, 7) is -0.0678. The molecule has 2 aliphatic heterocycles. The third-order valence-electron chi connectivity index (χ3n) is 8.21. The molecule has 39 heavy (non-hydrogen) atoms. The number of hydrogen-bond acceptors (Lipinski definition) is 5. The molecule has 13 heteroatoms. The molecule has 0 radical (unpaired) electrons. The molecule has 5 rings (SSSR count). The van der Waals surface area contributed by atoms with Crippen LogP contribution < -0.4 is 10.6 Å². The molecule has 1 saturated carbocycles. The molecular weight excluding hydrogens is 541 g/mol. The first-order chi connectivity index (χ1) is 18.5. The molecule has 1 aromatic heterocycles. The number of nitrogens with one attached hydrogen (secondary N) is 3. The van der Waals surface area contributed by atoms with Gasteiger partial charge in [-0.15, -0.1) is 0 Å². The predicted molar refractivity (Wildman–Crippen MR) is 134 cm³/mol. The molecule has 210 valence electrons. The van der Waals surface area contributed by atoms with Crippen molar-refractivity contribution in [3.05, 3.63) is 34.5 Å². The number of aromatic nitrogens is 1. The van der Waals surface area contributed by atoms with Crippen molar-refractivity contribution < 1.29 is 37.5 Å². The highest BCUT2D eigenvalue weighted by Crippen LogP contribution is 2.43. The van der Waals surface area contributed by atoms with E-state index < -0.39 is 53.9 Å². The van der Waals surface area contributed by atoms with Crippen molar-refractivity contribution in [2.75, 3.05) is 19.7 Å². The van der Waals surface area contributed by atoms with Crippen molar-refractivity contribution in [1.82, 2.24) is 20.5 Å². The Kier molecular flexibility index (Phi) is 7.36. The van der Waals surface area contributed by atoms with Gasteiger partial charge in [0.05, 0.1) is 16.6 Å². The van der Waals surface area contributed by atoms with Crippen molar-refractivity contribution in [2.45, 2.75) is 50.4 Å². The number of Topliss-reactive ketones (excluding diaryl/α,β-unsaturated/α-hetero) is 1. The highest BCUT2D eigenvalue weighted by Gasteiger charge is 2.50. The molecule has 3 heterocycles. The summed E-state index contributed by atoms with van der Waals surface area (Å²) in [6, 6.07) is 1.04. The number of fused-ring (bicyclic) bond motifs is 2. The van der Waals surface area contributed by atoms with Gasteiger partial charge in [-0.1, -0.05) is 18.0 Å². The molecule has 2 saturated heterocycles. The zero-order chi connectivity index (χ0) is 28.1. The number of carbonyl (C=O) groups is 4. The molecule has 3 amide bonds. The van der Waals surface area contributed by atoms with Gasteiger partial charge in [-0.25, -0.2) is 0 Å². The van der Waals surface area contributed by atoms with Crippen LogP contribution in [0.5, 0.6) is 0 Å². The quantitative estimate of drug-likeness (QED) is 0.408. The number of ketones is 1. The third kappa shape index (κ3) is 5.23. The maximum Gasteiger partial charge on any atom is 0.416 e. The molecule has 0 bridgehead atoms. The van der Waals surface area contributed by atoms with Crippen molar-refractivity contribution >= 4 is 46.0 Å². The van der Waals surface area contributed by atoms with Crippen LogP contribution in [-0.2, 0) is 20.6 Å². The maximum atomic E-state index is 13.6. The lowest BCUT2D eigenvalue weighted by Crippen LogP contribution is -2.53. The van der Waals surface area contributed by atoms with Crippen LogP contribution in [0.2, 0.25) is 5.02 Å². The van der Waals surface area contributed by atoms with Gasteiger partial charge < -0.3 is 25.6 Å². The van der Waals surface area contributed by atoms with Crippen LogP contribution in [0.15, 0.2) is 18.2 Å². The van der Waals surface area contributed by atoms with Crippen LogP contribution in [0.3, 0.4) is 0 Å². The smallest absolute Gasteiger partial charge is 0.389 e. The molecule has 1 aromatic carbocycles. The summed E-state index contributed by atoms with van der Waals surface area (Å²) >= 11 is 6.09. The van der Waals surface area contributed by atoms with E-state index in [4.69, 9.17) is 11.6 Å². The Balaban J connectivity index is 1.41. The second-order valence-electron chi connectivity index (χ2n) is 10.6. The monoisotopic (exact) mass is 568 g/mol. The second-order valence-corrected chi connectivity index (χ2v) is 11.0. The molecular formula is C26H28ClF3N4O5. The average Bonchev–Trinajstić information content (AvgIpc) is 3.66. The number of H-pyrrole nitrogens is 1. The number of carbonyl (C=O) groups excluding carboxylic acids is 4. The van der Waals surface area contributed by atoms with Gasteiger partial charge in [0.15, 0.2) is 5.78 Å². The van der Waals surface area contributed by atoms with Crippen LogP contribution in [0.25, 0.3) is 10.9 Å². The third-order valence-corrected chi connectivity index (χ3v) is 8.52. The van der Waals surface area contributed by atoms with Gasteiger partial charge in [0.25, 0.3) is 5.91 Å². The van der Waals surface area contributed by atoms with E-state index >= 15 is 0 Å². The van der Waals surface area contributed by atoms with Crippen LogP contribution in [0.4, 0.5) is 13.2 Å². The number of rotatable bonds is 7. The molecule has 0 unspecified atom stereocenters. The fourth-order valence-electron chi connectivity index (χ4n) is 6.27. The lowest BCUT2D eigenvalue weighted by atomic mass is 9.92.